The number of nitrogens with one attached hydrogen (secondary N) is 1. The lowest BCUT2D eigenvalue weighted by molar-refractivity contribution is -0.137. The Balaban J connectivity index is 1.77. The van der Waals surface area contributed by atoms with Crippen LogP contribution in [-0.2, 0) is 6.18 Å². The summed E-state index contributed by atoms with van der Waals surface area (Å²) in [4.78, 5) is 12.3. The van der Waals surface area contributed by atoms with Crippen molar-refractivity contribution < 1.29 is 22.7 Å². The zero-order valence-corrected chi connectivity index (χ0v) is 14.5. The number of rotatable bonds is 4. The molecule has 0 aromatic heterocycles. The van der Waals surface area contributed by atoms with Gasteiger partial charge in [0.1, 0.15) is 11.5 Å². The van der Waals surface area contributed by atoms with Crippen LogP contribution in [0.25, 0.3) is 0 Å². The normalized spacial score (nSPS) is 11.1. The van der Waals surface area contributed by atoms with E-state index >= 15 is 0 Å². The molecule has 3 aromatic rings. The third kappa shape index (κ3) is 4.80. The minimum Gasteiger partial charge on any atom is -0.456 e. The minimum absolute atomic E-state index is 0.0604. The summed E-state index contributed by atoms with van der Waals surface area (Å²) in [6.07, 6.45) is -4.49. The number of hydrogen-bond donors (Lipinski definition) is 1. The first-order valence-electron chi connectivity index (χ1n) is 7.84. The predicted octanol–water partition coefficient (Wildman–Crippen LogP) is 6.40. The summed E-state index contributed by atoms with van der Waals surface area (Å²) >= 11 is 5.89. The molecule has 7 heteroatoms. The summed E-state index contributed by atoms with van der Waals surface area (Å²) in [6.45, 7) is 0. The van der Waals surface area contributed by atoms with Gasteiger partial charge in [0, 0.05) is 11.3 Å². The van der Waals surface area contributed by atoms with Gasteiger partial charge in [0.2, 0.25) is 0 Å². The lowest BCUT2D eigenvalue weighted by Crippen LogP contribution is -2.11. The van der Waals surface area contributed by atoms with Crippen molar-refractivity contribution in [2.45, 2.75) is 6.18 Å². The number of hydrogen-bond acceptors (Lipinski definition) is 2. The zero-order valence-electron chi connectivity index (χ0n) is 13.8. The van der Waals surface area contributed by atoms with E-state index in [2.05, 4.69) is 5.32 Å². The van der Waals surface area contributed by atoms with E-state index in [0.717, 1.165) is 18.2 Å². The van der Waals surface area contributed by atoms with Gasteiger partial charge in [0.25, 0.3) is 5.91 Å². The lowest BCUT2D eigenvalue weighted by atomic mass is 10.2. The van der Waals surface area contributed by atoms with E-state index < -0.39 is 11.7 Å². The fourth-order valence-corrected chi connectivity index (χ4v) is 2.53. The van der Waals surface area contributed by atoms with E-state index in [1.165, 1.54) is 6.07 Å². The molecule has 0 fully saturated rings. The number of alkyl halides is 3. The highest BCUT2D eigenvalue weighted by Crippen LogP contribution is 2.36. The standard InChI is InChI=1S/C20H13ClF3NO2/c21-17-12-14(20(22,23)24)9-10-18(17)27-16-8-4-5-13(11-16)19(26)25-15-6-2-1-3-7-15/h1-12H,(H,25,26). The molecule has 0 aliphatic rings. The Hall–Kier alpha value is -2.99. The van der Waals surface area contributed by atoms with Crippen molar-refractivity contribution in [2.24, 2.45) is 0 Å². The molecule has 0 aliphatic carbocycles. The topological polar surface area (TPSA) is 38.3 Å². The summed E-state index contributed by atoms with van der Waals surface area (Å²) in [7, 11) is 0. The molecular weight excluding hydrogens is 379 g/mol. The van der Waals surface area contributed by atoms with Crippen LogP contribution in [0.2, 0.25) is 5.02 Å². The highest BCUT2D eigenvalue weighted by atomic mass is 35.5. The molecule has 27 heavy (non-hydrogen) atoms. The number of carbonyl (C=O) groups excluding carboxylic acids is 1. The number of halogens is 4. The first-order chi connectivity index (χ1) is 12.8. The van der Waals surface area contributed by atoms with Gasteiger partial charge in [-0.05, 0) is 48.5 Å². The molecule has 0 unspecified atom stereocenters. The van der Waals surface area contributed by atoms with Gasteiger partial charge < -0.3 is 10.1 Å². The molecule has 0 saturated carbocycles. The van der Waals surface area contributed by atoms with Crippen LogP contribution in [-0.4, -0.2) is 5.91 Å². The Morgan fingerprint density at radius 1 is 0.926 bits per heavy atom. The molecule has 1 N–H and O–H groups in total. The van der Waals surface area contributed by atoms with Gasteiger partial charge in [-0.1, -0.05) is 35.9 Å². The van der Waals surface area contributed by atoms with E-state index in [0.29, 0.717) is 11.3 Å². The van der Waals surface area contributed by atoms with E-state index in [-0.39, 0.29) is 22.4 Å². The number of amides is 1. The molecule has 138 valence electrons. The Bertz CT molecular complexity index is 959. The predicted molar refractivity (Wildman–Crippen MR) is 97.4 cm³/mol. The Labute approximate surface area is 158 Å². The van der Waals surface area contributed by atoms with E-state index in [4.69, 9.17) is 16.3 Å². The summed E-state index contributed by atoms with van der Waals surface area (Å²) in [6, 6.07) is 18.0. The average molecular weight is 392 g/mol. The third-order valence-electron chi connectivity index (χ3n) is 3.61. The van der Waals surface area contributed by atoms with Gasteiger partial charge in [0.05, 0.1) is 10.6 Å². The summed E-state index contributed by atoms with van der Waals surface area (Å²) < 4.78 is 43.6. The second kappa shape index (κ2) is 7.72. The number of anilines is 1. The van der Waals surface area contributed by atoms with Crippen LogP contribution in [0.15, 0.2) is 72.8 Å². The van der Waals surface area contributed by atoms with Crippen LogP contribution in [0.3, 0.4) is 0 Å². The van der Waals surface area contributed by atoms with Gasteiger partial charge in [-0.15, -0.1) is 0 Å². The molecule has 0 atom stereocenters. The molecule has 0 bridgehead atoms. The summed E-state index contributed by atoms with van der Waals surface area (Å²) in [5.41, 5.74) is 0.106. The SMILES string of the molecule is O=C(Nc1ccccc1)c1cccc(Oc2ccc(C(F)(F)F)cc2Cl)c1. The van der Waals surface area contributed by atoms with E-state index in [1.54, 1.807) is 42.5 Å². The van der Waals surface area contributed by atoms with Gasteiger partial charge in [-0.3, -0.25) is 4.79 Å². The second-order valence-corrected chi connectivity index (χ2v) is 6.00. The van der Waals surface area contributed by atoms with Crippen molar-refractivity contribution >= 4 is 23.2 Å². The number of ether oxygens (including phenoxy) is 1. The average Bonchev–Trinajstić information content (AvgIpc) is 2.63. The third-order valence-corrected chi connectivity index (χ3v) is 3.91. The lowest BCUT2D eigenvalue weighted by Gasteiger charge is -2.12. The highest BCUT2D eigenvalue weighted by Gasteiger charge is 2.31. The Morgan fingerprint density at radius 2 is 1.67 bits per heavy atom. The van der Waals surface area contributed by atoms with Crippen molar-refractivity contribution in [3.05, 3.63) is 88.9 Å². The van der Waals surface area contributed by atoms with Crippen molar-refractivity contribution in [1.82, 2.24) is 0 Å². The molecule has 3 rings (SSSR count). The fraction of sp³-hybridized carbons (Fsp3) is 0.0500. The van der Waals surface area contributed by atoms with Crippen LogP contribution in [0, 0.1) is 0 Å². The molecule has 0 spiro atoms. The smallest absolute Gasteiger partial charge is 0.416 e. The molecular formula is C20H13ClF3NO2. The van der Waals surface area contributed by atoms with Crippen LogP contribution in [0.1, 0.15) is 15.9 Å². The fourth-order valence-electron chi connectivity index (χ4n) is 2.31. The van der Waals surface area contributed by atoms with Crippen LogP contribution < -0.4 is 10.1 Å². The molecule has 0 aliphatic heterocycles. The van der Waals surface area contributed by atoms with Crippen molar-refractivity contribution in [3.8, 4) is 11.5 Å². The molecule has 3 nitrogen and oxygen atoms in total. The van der Waals surface area contributed by atoms with Crippen LogP contribution in [0.4, 0.5) is 18.9 Å². The number of carbonyl (C=O) groups is 1. The molecule has 3 aromatic carbocycles. The minimum atomic E-state index is -4.49. The van der Waals surface area contributed by atoms with Crippen LogP contribution in [0.5, 0.6) is 11.5 Å². The van der Waals surface area contributed by atoms with Crippen LogP contribution >= 0.6 is 11.6 Å². The maximum absolute atomic E-state index is 12.7. The number of para-hydroxylation sites is 1. The molecule has 0 heterocycles. The van der Waals surface area contributed by atoms with E-state index in [9.17, 15) is 18.0 Å². The van der Waals surface area contributed by atoms with Gasteiger partial charge in [-0.2, -0.15) is 13.2 Å². The number of benzene rings is 3. The highest BCUT2D eigenvalue weighted by molar-refractivity contribution is 6.32. The second-order valence-electron chi connectivity index (χ2n) is 5.59. The molecule has 1 amide bonds. The van der Waals surface area contributed by atoms with Gasteiger partial charge >= 0.3 is 6.18 Å². The first kappa shape index (κ1) is 18.8. The molecule has 0 radical (unpaired) electrons. The molecule has 0 saturated heterocycles. The Kier molecular flexibility index (Phi) is 5.37. The largest absolute Gasteiger partial charge is 0.456 e. The maximum Gasteiger partial charge on any atom is 0.416 e. The monoisotopic (exact) mass is 391 g/mol. The van der Waals surface area contributed by atoms with Crippen molar-refractivity contribution in [3.63, 3.8) is 0 Å². The van der Waals surface area contributed by atoms with Crippen molar-refractivity contribution in [2.75, 3.05) is 5.32 Å². The quantitative estimate of drug-likeness (QED) is 0.558. The zero-order chi connectivity index (χ0) is 19.4. The Morgan fingerprint density at radius 3 is 2.33 bits per heavy atom. The van der Waals surface area contributed by atoms with Gasteiger partial charge in [-0.25, -0.2) is 0 Å². The van der Waals surface area contributed by atoms with Crippen molar-refractivity contribution in [1.29, 1.82) is 0 Å². The maximum atomic E-state index is 12.7. The van der Waals surface area contributed by atoms with Gasteiger partial charge in [0.15, 0.2) is 0 Å². The first-order valence-corrected chi connectivity index (χ1v) is 8.22. The van der Waals surface area contributed by atoms with E-state index in [1.807, 2.05) is 6.07 Å². The summed E-state index contributed by atoms with van der Waals surface area (Å²) in [5.74, 6) is -0.00665. The summed E-state index contributed by atoms with van der Waals surface area (Å²) in [5, 5.41) is 2.56.